The minimum absolute atomic E-state index is 0.0494. The van der Waals surface area contributed by atoms with E-state index in [1.807, 2.05) is 12.1 Å². The molecule has 0 aromatic heterocycles. The summed E-state index contributed by atoms with van der Waals surface area (Å²) in [6, 6.07) is 9.76. The van der Waals surface area contributed by atoms with Gasteiger partial charge in [0.05, 0.1) is 18.8 Å². The van der Waals surface area contributed by atoms with E-state index in [-0.39, 0.29) is 12.0 Å². The number of amides is 2. The van der Waals surface area contributed by atoms with Crippen LogP contribution in [-0.2, 0) is 21.5 Å². The predicted molar refractivity (Wildman–Crippen MR) is 109 cm³/mol. The van der Waals surface area contributed by atoms with E-state index in [0.717, 1.165) is 11.6 Å². The van der Waals surface area contributed by atoms with Crippen molar-refractivity contribution in [1.29, 1.82) is 0 Å². The van der Waals surface area contributed by atoms with Crippen LogP contribution < -0.4 is 10.6 Å². The lowest BCUT2D eigenvalue weighted by molar-refractivity contribution is -0.124. The molecule has 5 nitrogen and oxygen atoms in total. The highest BCUT2D eigenvalue weighted by atomic mass is 19.2. The van der Waals surface area contributed by atoms with Gasteiger partial charge in [0.2, 0.25) is 11.8 Å². The van der Waals surface area contributed by atoms with Crippen LogP contribution >= 0.6 is 0 Å². The fourth-order valence-electron chi connectivity index (χ4n) is 2.77. The molecule has 0 aliphatic carbocycles. The normalized spacial score (nSPS) is 11.5. The predicted octanol–water partition coefficient (Wildman–Crippen LogP) is 3.59. The molecule has 0 aliphatic rings. The van der Waals surface area contributed by atoms with Crippen LogP contribution in [0.15, 0.2) is 36.4 Å². The number of hydrogen-bond acceptors (Lipinski definition) is 3. The zero-order valence-electron chi connectivity index (χ0n) is 17.5. The highest BCUT2D eigenvalue weighted by Gasteiger charge is 2.16. The van der Waals surface area contributed by atoms with Crippen molar-refractivity contribution in [3.05, 3.63) is 65.0 Å². The summed E-state index contributed by atoms with van der Waals surface area (Å²) in [6.45, 7) is 6.57. The molecule has 2 aromatic rings. The van der Waals surface area contributed by atoms with Crippen LogP contribution in [0.5, 0.6) is 0 Å². The molecule has 2 N–H and O–H groups in total. The third-order valence-electron chi connectivity index (χ3n) is 4.44. The summed E-state index contributed by atoms with van der Waals surface area (Å²) < 4.78 is 39.7. The van der Waals surface area contributed by atoms with Crippen molar-refractivity contribution in [3.63, 3.8) is 0 Å². The van der Waals surface area contributed by atoms with Crippen LogP contribution in [-0.4, -0.2) is 36.9 Å². The van der Waals surface area contributed by atoms with Crippen molar-refractivity contribution >= 4 is 17.5 Å². The lowest BCUT2D eigenvalue weighted by atomic mass is 9.87. The van der Waals surface area contributed by atoms with E-state index >= 15 is 0 Å². The second-order valence-electron chi connectivity index (χ2n) is 8.17. The highest BCUT2D eigenvalue weighted by Crippen LogP contribution is 2.22. The zero-order chi connectivity index (χ0) is 22.5. The Morgan fingerprint density at radius 2 is 1.57 bits per heavy atom. The Morgan fingerprint density at radius 3 is 2.17 bits per heavy atom. The largest absolute Gasteiger partial charge is 0.346 e. The molecule has 2 amide bonds. The second-order valence-corrected chi connectivity index (χ2v) is 8.17. The topological polar surface area (TPSA) is 61.4 Å². The first-order valence-electron chi connectivity index (χ1n) is 9.45. The molecule has 0 heterocycles. The number of likely N-dealkylation sites (N-methyl/N-ethyl adjacent to an activating group) is 1. The maximum absolute atomic E-state index is 13.6. The molecule has 0 unspecified atom stereocenters. The minimum Gasteiger partial charge on any atom is -0.346 e. The smallest absolute Gasteiger partial charge is 0.243 e. The number of carbonyl (C=O) groups excluding carboxylic acids is 2. The van der Waals surface area contributed by atoms with Gasteiger partial charge in [0.15, 0.2) is 17.5 Å². The summed E-state index contributed by atoms with van der Waals surface area (Å²) in [5.41, 5.74) is 1.83. The molecule has 30 heavy (non-hydrogen) atoms. The molecular weight excluding hydrogens is 395 g/mol. The van der Waals surface area contributed by atoms with Crippen molar-refractivity contribution in [2.45, 2.75) is 32.7 Å². The molecule has 0 aliphatic heterocycles. The zero-order valence-corrected chi connectivity index (χ0v) is 17.5. The van der Waals surface area contributed by atoms with Crippen LogP contribution in [0.25, 0.3) is 0 Å². The molecule has 0 spiro atoms. The molecule has 2 rings (SSSR count). The molecule has 0 radical (unpaired) electrons. The highest BCUT2D eigenvalue weighted by molar-refractivity contribution is 5.94. The van der Waals surface area contributed by atoms with Crippen LogP contribution in [0.3, 0.4) is 0 Å². The number of nitrogens with zero attached hydrogens (tertiary/aromatic N) is 1. The van der Waals surface area contributed by atoms with Crippen LogP contribution in [0.1, 0.15) is 31.9 Å². The van der Waals surface area contributed by atoms with E-state index in [1.54, 1.807) is 11.9 Å². The number of anilines is 1. The Kier molecular flexibility index (Phi) is 7.61. The van der Waals surface area contributed by atoms with Gasteiger partial charge in [-0.3, -0.25) is 14.5 Å². The van der Waals surface area contributed by atoms with E-state index in [1.165, 1.54) is 5.56 Å². The van der Waals surface area contributed by atoms with Crippen molar-refractivity contribution < 1.29 is 22.8 Å². The number of benzene rings is 2. The fraction of sp³-hybridized carbons (Fsp3) is 0.364. The van der Waals surface area contributed by atoms with Crippen molar-refractivity contribution in [1.82, 2.24) is 10.2 Å². The van der Waals surface area contributed by atoms with Crippen molar-refractivity contribution in [2.75, 3.05) is 25.5 Å². The van der Waals surface area contributed by atoms with Crippen molar-refractivity contribution in [2.24, 2.45) is 0 Å². The number of carbonyl (C=O) groups is 2. The van der Waals surface area contributed by atoms with Gasteiger partial charge in [0, 0.05) is 6.54 Å². The number of rotatable bonds is 7. The molecule has 8 heteroatoms. The van der Waals surface area contributed by atoms with Gasteiger partial charge in [0.25, 0.3) is 0 Å². The Bertz CT molecular complexity index is 909. The molecule has 0 atom stereocenters. The Labute approximate surface area is 174 Å². The Morgan fingerprint density at radius 1 is 0.933 bits per heavy atom. The lowest BCUT2D eigenvalue weighted by Gasteiger charge is -2.20. The maximum Gasteiger partial charge on any atom is 0.243 e. The summed E-state index contributed by atoms with van der Waals surface area (Å²) in [7, 11) is 1.77. The maximum atomic E-state index is 13.6. The molecule has 0 bridgehead atoms. The van der Waals surface area contributed by atoms with Gasteiger partial charge >= 0.3 is 0 Å². The Hall–Kier alpha value is -2.87. The summed E-state index contributed by atoms with van der Waals surface area (Å²) in [5.74, 6) is -5.67. The third-order valence-corrected chi connectivity index (χ3v) is 4.44. The van der Waals surface area contributed by atoms with Crippen LogP contribution in [0.4, 0.5) is 18.9 Å². The van der Waals surface area contributed by atoms with Crippen LogP contribution in [0.2, 0.25) is 0 Å². The van der Waals surface area contributed by atoms with Gasteiger partial charge in [-0.1, -0.05) is 45.0 Å². The van der Waals surface area contributed by atoms with E-state index < -0.39 is 41.5 Å². The molecule has 2 aromatic carbocycles. The van der Waals surface area contributed by atoms with Gasteiger partial charge in [0.1, 0.15) is 0 Å². The van der Waals surface area contributed by atoms with E-state index in [2.05, 4.69) is 43.5 Å². The van der Waals surface area contributed by atoms with E-state index in [9.17, 15) is 22.8 Å². The monoisotopic (exact) mass is 421 g/mol. The SMILES string of the molecule is CN(CC(=O)NCC(=O)Nc1ccc(F)c(F)c1F)Cc1ccc(C(C)(C)C)cc1. The number of halogens is 3. The van der Waals surface area contributed by atoms with Gasteiger partial charge in [-0.2, -0.15) is 0 Å². The quantitative estimate of drug-likeness (QED) is 0.672. The average molecular weight is 421 g/mol. The Balaban J connectivity index is 1.80. The van der Waals surface area contributed by atoms with Crippen molar-refractivity contribution in [3.8, 4) is 0 Å². The first kappa shape index (κ1) is 23.4. The van der Waals surface area contributed by atoms with E-state index in [0.29, 0.717) is 12.6 Å². The van der Waals surface area contributed by atoms with E-state index in [4.69, 9.17) is 0 Å². The molecule has 162 valence electrons. The van der Waals surface area contributed by atoms with Gasteiger partial charge in [-0.25, -0.2) is 13.2 Å². The lowest BCUT2D eigenvalue weighted by Crippen LogP contribution is -2.39. The number of nitrogens with one attached hydrogen (secondary N) is 2. The minimum atomic E-state index is -1.67. The van der Waals surface area contributed by atoms with Gasteiger partial charge < -0.3 is 10.6 Å². The third kappa shape index (κ3) is 6.59. The molecule has 0 saturated carbocycles. The molecule has 0 fully saturated rings. The van der Waals surface area contributed by atoms with Gasteiger partial charge in [-0.15, -0.1) is 0 Å². The molecular formula is C22H26F3N3O2. The summed E-state index contributed by atoms with van der Waals surface area (Å²) >= 11 is 0. The second kappa shape index (κ2) is 9.75. The summed E-state index contributed by atoms with van der Waals surface area (Å²) in [6.07, 6.45) is 0. The average Bonchev–Trinajstić information content (AvgIpc) is 2.66. The van der Waals surface area contributed by atoms with Crippen LogP contribution in [0, 0.1) is 17.5 Å². The molecule has 0 saturated heterocycles. The first-order chi connectivity index (χ1) is 14.0. The number of hydrogen-bond donors (Lipinski definition) is 2. The summed E-state index contributed by atoms with van der Waals surface area (Å²) in [4.78, 5) is 25.7. The van der Waals surface area contributed by atoms with Gasteiger partial charge in [-0.05, 0) is 35.7 Å². The standard InChI is InChI=1S/C22H26F3N3O2/c1-22(2,3)15-7-5-14(6-8-15)12-28(4)13-19(30)26-11-18(29)27-17-10-9-16(23)20(24)21(17)25/h5-10H,11-13H2,1-4H3,(H,26,30)(H,27,29). The fourth-order valence-corrected chi connectivity index (χ4v) is 2.77. The summed E-state index contributed by atoms with van der Waals surface area (Å²) in [5, 5.41) is 4.51. The first-order valence-corrected chi connectivity index (χ1v) is 9.45.